The second-order valence-electron chi connectivity index (χ2n) is 7.40. The molecule has 10 nitrogen and oxygen atoms in total. The quantitative estimate of drug-likeness (QED) is 0.439. The van der Waals surface area contributed by atoms with Gasteiger partial charge in [0.1, 0.15) is 17.2 Å². The number of aromatic nitrogens is 7. The maximum absolute atomic E-state index is 13.6. The molecule has 5 aromatic rings. The molecule has 4 heterocycles. The van der Waals surface area contributed by atoms with Gasteiger partial charge < -0.3 is 15.0 Å². The molecule has 0 unspecified atom stereocenters. The molecular weight excluding hydrogens is 415 g/mol. The molecule has 0 spiro atoms. The lowest BCUT2D eigenvalue weighted by Crippen LogP contribution is -2.37. The van der Waals surface area contributed by atoms with E-state index >= 15 is 0 Å². The fourth-order valence-electron chi connectivity index (χ4n) is 3.55. The zero-order chi connectivity index (χ0) is 22.2. The Morgan fingerprint density at radius 3 is 3.06 bits per heavy atom. The average Bonchev–Trinajstić information content (AvgIpc) is 3.48. The Bertz CT molecular complexity index is 1420. The monoisotopic (exact) mass is 434 g/mol. The number of benzene rings is 1. The van der Waals surface area contributed by atoms with Crippen LogP contribution in [0.5, 0.6) is 5.75 Å². The summed E-state index contributed by atoms with van der Waals surface area (Å²) in [5, 5.41) is 12.1. The molecule has 0 radical (unpaired) electrons. The summed E-state index contributed by atoms with van der Waals surface area (Å²) in [5.74, 6) is -0.105. The van der Waals surface area contributed by atoms with Crippen LogP contribution >= 0.6 is 0 Å². The third-order valence-corrected chi connectivity index (χ3v) is 4.99. The van der Waals surface area contributed by atoms with Gasteiger partial charge in [-0.15, -0.1) is 0 Å². The topological polar surface area (TPSA) is 116 Å². The molecule has 32 heavy (non-hydrogen) atoms. The molecule has 0 aliphatic rings. The molecule has 1 atom stereocenters. The predicted octanol–water partition coefficient (Wildman–Crippen LogP) is 3.02. The summed E-state index contributed by atoms with van der Waals surface area (Å²) in [5.41, 5.74) is 2.52. The molecule has 0 aliphatic heterocycles. The molecule has 1 aromatic carbocycles. The van der Waals surface area contributed by atoms with E-state index in [9.17, 15) is 9.18 Å². The molecule has 1 amide bonds. The summed E-state index contributed by atoms with van der Waals surface area (Å²) in [6, 6.07) is 6.06. The first kappa shape index (κ1) is 19.7. The number of fused-ring (bicyclic) bond motifs is 2. The number of aryl methyl sites for hydroxylation is 1. The van der Waals surface area contributed by atoms with Crippen LogP contribution in [0.1, 0.15) is 6.92 Å². The zero-order valence-corrected chi connectivity index (χ0v) is 17.3. The van der Waals surface area contributed by atoms with E-state index < -0.39 is 6.09 Å². The second kappa shape index (κ2) is 7.76. The molecule has 0 fully saturated rings. The fraction of sp³-hybridized carbons (Fsp3) is 0.190. The number of rotatable bonds is 5. The standard InChI is InChI=1S/C21H19FN8O2/c1-12(11-30-7-3-6-25-30)26-21(31)32-17-10-24-20-19(17)27-15(9-23-20)18-14-5-4-13(22)8-16(14)29(2)28-18/h3-10,12H,11H2,1-2H3,(H,23,24)(H,26,31)/t12-/m1/s1. The van der Waals surface area contributed by atoms with Crippen molar-refractivity contribution in [1.82, 2.24) is 39.8 Å². The van der Waals surface area contributed by atoms with Gasteiger partial charge in [0.25, 0.3) is 0 Å². The Kier molecular flexibility index (Phi) is 4.77. The first-order chi connectivity index (χ1) is 15.5. The minimum Gasteiger partial charge on any atom is -0.406 e. The van der Waals surface area contributed by atoms with Crippen LogP contribution in [0.4, 0.5) is 9.18 Å². The van der Waals surface area contributed by atoms with E-state index in [0.29, 0.717) is 34.6 Å². The van der Waals surface area contributed by atoms with Crippen molar-refractivity contribution < 1.29 is 13.9 Å². The SMILES string of the molecule is C[C@H](Cn1cccn1)NC(=O)Oc1c[nH]c2ncc(-c3nn(C)c4cc(F)ccc34)nc12. The number of nitrogens with zero attached hydrogens (tertiary/aromatic N) is 6. The Morgan fingerprint density at radius 2 is 2.25 bits per heavy atom. The third-order valence-electron chi connectivity index (χ3n) is 4.99. The smallest absolute Gasteiger partial charge is 0.406 e. The van der Waals surface area contributed by atoms with Gasteiger partial charge in [0, 0.05) is 37.1 Å². The Labute approximate surface area is 181 Å². The van der Waals surface area contributed by atoms with E-state index in [1.165, 1.54) is 18.3 Å². The normalized spacial score (nSPS) is 12.3. The average molecular weight is 434 g/mol. The maximum atomic E-state index is 13.6. The molecule has 0 bridgehead atoms. The number of nitrogens with one attached hydrogen (secondary N) is 2. The van der Waals surface area contributed by atoms with E-state index in [1.54, 1.807) is 34.9 Å². The molecule has 5 rings (SSSR count). The summed E-state index contributed by atoms with van der Waals surface area (Å²) >= 11 is 0. The number of hydrogen-bond acceptors (Lipinski definition) is 6. The summed E-state index contributed by atoms with van der Waals surface area (Å²) < 4.78 is 22.4. The maximum Gasteiger partial charge on any atom is 0.413 e. The number of carbonyl (C=O) groups excluding carboxylic acids is 1. The first-order valence-electron chi connectivity index (χ1n) is 9.90. The lowest BCUT2D eigenvalue weighted by atomic mass is 10.1. The largest absolute Gasteiger partial charge is 0.413 e. The van der Waals surface area contributed by atoms with Crippen molar-refractivity contribution in [2.75, 3.05) is 0 Å². The number of ether oxygens (including phenoxy) is 1. The van der Waals surface area contributed by atoms with Crippen molar-refractivity contribution in [1.29, 1.82) is 0 Å². The van der Waals surface area contributed by atoms with Gasteiger partial charge in [0.15, 0.2) is 16.9 Å². The van der Waals surface area contributed by atoms with Gasteiger partial charge >= 0.3 is 6.09 Å². The van der Waals surface area contributed by atoms with Crippen LogP contribution < -0.4 is 10.1 Å². The number of aromatic amines is 1. The number of hydrogen-bond donors (Lipinski definition) is 2. The van der Waals surface area contributed by atoms with Crippen LogP contribution in [-0.4, -0.2) is 46.6 Å². The van der Waals surface area contributed by atoms with Gasteiger partial charge in [0.05, 0.1) is 18.3 Å². The second-order valence-corrected chi connectivity index (χ2v) is 7.40. The lowest BCUT2D eigenvalue weighted by molar-refractivity contribution is 0.195. The Balaban J connectivity index is 1.40. The lowest BCUT2D eigenvalue weighted by Gasteiger charge is -2.13. The van der Waals surface area contributed by atoms with Gasteiger partial charge in [-0.3, -0.25) is 9.36 Å². The van der Waals surface area contributed by atoms with Crippen molar-refractivity contribution >= 4 is 28.2 Å². The van der Waals surface area contributed by atoms with Crippen molar-refractivity contribution in [3.05, 3.63) is 54.9 Å². The molecule has 0 saturated carbocycles. The molecule has 0 aliphatic carbocycles. The van der Waals surface area contributed by atoms with Crippen molar-refractivity contribution in [2.45, 2.75) is 19.5 Å². The number of amides is 1. The molecule has 2 N–H and O–H groups in total. The predicted molar refractivity (Wildman–Crippen MR) is 114 cm³/mol. The highest BCUT2D eigenvalue weighted by atomic mass is 19.1. The van der Waals surface area contributed by atoms with Gasteiger partial charge in [0.2, 0.25) is 0 Å². The van der Waals surface area contributed by atoms with E-state index in [-0.39, 0.29) is 17.6 Å². The molecule has 0 saturated heterocycles. The minimum atomic E-state index is -0.614. The molecule has 11 heteroatoms. The van der Waals surface area contributed by atoms with Gasteiger partial charge in [-0.2, -0.15) is 10.2 Å². The van der Waals surface area contributed by atoms with Crippen LogP contribution in [0.25, 0.3) is 33.5 Å². The van der Waals surface area contributed by atoms with E-state index in [1.807, 2.05) is 19.2 Å². The van der Waals surface area contributed by atoms with E-state index in [2.05, 4.69) is 30.5 Å². The number of carbonyl (C=O) groups is 1. The van der Waals surface area contributed by atoms with Crippen LogP contribution in [0.3, 0.4) is 0 Å². The van der Waals surface area contributed by atoms with Crippen LogP contribution in [0.15, 0.2) is 49.1 Å². The van der Waals surface area contributed by atoms with Crippen molar-refractivity contribution in [2.24, 2.45) is 7.05 Å². The highest BCUT2D eigenvalue weighted by Gasteiger charge is 2.18. The Morgan fingerprint density at radius 1 is 1.38 bits per heavy atom. The number of halogens is 1. The summed E-state index contributed by atoms with van der Waals surface area (Å²) in [6.45, 7) is 2.36. The van der Waals surface area contributed by atoms with Gasteiger partial charge in [-0.1, -0.05) is 0 Å². The first-order valence-corrected chi connectivity index (χ1v) is 9.90. The van der Waals surface area contributed by atoms with Crippen molar-refractivity contribution in [3.63, 3.8) is 0 Å². The molecule has 4 aromatic heterocycles. The summed E-state index contributed by atoms with van der Waals surface area (Å²) in [6.07, 6.45) is 5.97. The molecule has 162 valence electrons. The summed E-state index contributed by atoms with van der Waals surface area (Å²) in [7, 11) is 1.73. The van der Waals surface area contributed by atoms with Gasteiger partial charge in [-0.25, -0.2) is 19.2 Å². The van der Waals surface area contributed by atoms with Gasteiger partial charge in [-0.05, 0) is 31.2 Å². The number of H-pyrrole nitrogens is 1. The van der Waals surface area contributed by atoms with E-state index in [0.717, 1.165) is 5.39 Å². The Hall–Kier alpha value is -4.28. The van der Waals surface area contributed by atoms with Crippen LogP contribution in [0.2, 0.25) is 0 Å². The molecular formula is C21H19FN8O2. The van der Waals surface area contributed by atoms with E-state index in [4.69, 9.17) is 4.74 Å². The fourth-order valence-corrected chi connectivity index (χ4v) is 3.55. The highest BCUT2D eigenvalue weighted by molar-refractivity contribution is 5.93. The van der Waals surface area contributed by atoms with Crippen molar-refractivity contribution in [3.8, 4) is 17.1 Å². The summed E-state index contributed by atoms with van der Waals surface area (Å²) in [4.78, 5) is 24.3. The highest BCUT2D eigenvalue weighted by Crippen LogP contribution is 2.29. The minimum absolute atomic E-state index is 0.200. The third kappa shape index (κ3) is 3.64. The van der Waals surface area contributed by atoms with Crippen LogP contribution in [0, 0.1) is 5.82 Å². The van der Waals surface area contributed by atoms with Crippen LogP contribution in [-0.2, 0) is 13.6 Å². The zero-order valence-electron chi connectivity index (χ0n) is 17.3.